The zero-order valence-corrected chi connectivity index (χ0v) is 16.8. The molecular weight excluding hydrogens is 378 g/mol. The van der Waals surface area contributed by atoms with Crippen LogP contribution in [0.1, 0.15) is 16.8 Å². The van der Waals surface area contributed by atoms with Gasteiger partial charge in [0.05, 0.1) is 16.9 Å². The molecule has 2 aromatic heterocycles. The molecule has 4 rings (SSSR count). The topological polar surface area (TPSA) is 79.8 Å². The summed E-state index contributed by atoms with van der Waals surface area (Å²) in [4.78, 5) is 2.54. The molecule has 0 saturated carbocycles. The van der Waals surface area contributed by atoms with E-state index in [1.54, 1.807) is 28.8 Å². The van der Waals surface area contributed by atoms with Crippen LogP contribution in [0.25, 0.3) is 11.5 Å². The molecule has 0 bridgehead atoms. The molecule has 0 spiro atoms. The van der Waals surface area contributed by atoms with Crippen molar-refractivity contribution in [3.8, 4) is 11.5 Å². The summed E-state index contributed by atoms with van der Waals surface area (Å²) < 4.78 is 38.0. The third-order valence-electron chi connectivity index (χ3n) is 5.16. The second-order valence-corrected chi connectivity index (χ2v) is 9.02. The molecule has 0 atom stereocenters. The molecule has 1 aromatic carbocycles. The molecule has 0 radical (unpaired) electrons. The van der Waals surface area contributed by atoms with Gasteiger partial charge in [-0.2, -0.15) is 4.31 Å². The van der Waals surface area contributed by atoms with Crippen LogP contribution in [0.4, 0.5) is 0 Å². The first-order chi connectivity index (χ1) is 13.4. The molecule has 7 nitrogen and oxygen atoms in total. The van der Waals surface area contributed by atoms with Crippen LogP contribution in [0.15, 0.2) is 56.5 Å². The van der Waals surface area contributed by atoms with E-state index in [2.05, 4.69) is 10.1 Å². The summed E-state index contributed by atoms with van der Waals surface area (Å²) in [6, 6.07) is 10.8. The summed E-state index contributed by atoms with van der Waals surface area (Å²) in [5.41, 5.74) is 2.88. The Morgan fingerprint density at radius 1 is 1.00 bits per heavy atom. The summed E-state index contributed by atoms with van der Waals surface area (Å²) in [5.74, 6) is 1.24. The molecular formula is C20H23N3O4S. The molecule has 148 valence electrons. The maximum absolute atomic E-state index is 12.9. The van der Waals surface area contributed by atoms with Gasteiger partial charge in [-0.25, -0.2) is 8.42 Å². The van der Waals surface area contributed by atoms with Gasteiger partial charge >= 0.3 is 0 Å². The van der Waals surface area contributed by atoms with Gasteiger partial charge in [-0.3, -0.25) is 4.90 Å². The van der Waals surface area contributed by atoms with Crippen molar-refractivity contribution in [2.24, 2.45) is 0 Å². The number of aromatic nitrogens is 1. The quantitative estimate of drug-likeness (QED) is 0.654. The minimum Gasteiger partial charge on any atom is -0.461 e. The van der Waals surface area contributed by atoms with Crippen molar-refractivity contribution in [2.45, 2.75) is 25.3 Å². The number of hydrogen-bond donors (Lipinski definition) is 0. The van der Waals surface area contributed by atoms with Gasteiger partial charge in [0.2, 0.25) is 15.8 Å². The number of piperazine rings is 1. The van der Waals surface area contributed by atoms with E-state index in [1.807, 2.05) is 32.0 Å². The highest BCUT2D eigenvalue weighted by atomic mass is 32.2. The third kappa shape index (κ3) is 3.76. The predicted octanol–water partition coefficient (Wildman–Crippen LogP) is 3.06. The van der Waals surface area contributed by atoms with Crippen LogP contribution in [0, 0.1) is 13.8 Å². The first-order valence-corrected chi connectivity index (χ1v) is 10.7. The smallest absolute Gasteiger partial charge is 0.243 e. The lowest BCUT2D eigenvalue weighted by atomic mass is 10.1. The fourth-order valence-electron chi connectivity index (χ4n) is 3.30. The molecule has 28 heavy (non-hydrogen) atoms. The van der Waals surface area contributed by atoms with Gasteiger partial charge in [-0.1, -0.05) is 11.2 Å². The highest BCUT2D eigenvalue weighted by Gasteiger charge is 2.29. The molecule has 3 aromatic rings. The number of hydrogen-bond acceptors (Lipinski definition) is 6. The van der Waals surface area contributed by atoms with E-state index in [0.717, 1.165) is 16.8 Å². The fraction of sp³-hybridized carbons (Fsp3) is 0.350. The van der Waals surface area contributed by atoms with Gasteiger partial charge < -0.3 is 8.94 Å². The summed E-state index contributed by atoms with van der Waals surface area (Å²) in [6.45, 7) is 6.73. The molecule has 0 N–H and O–H groups in total. The van der Waals surface area contributed by atoms with Crippen LogP contribution in [-0.4, -0.2) is 49.0 Å². The van der Waals surface area contributed by atoms with E-state index < -0.39 is 10.0 Å². The third-order valence-corrected chi connectivity index (χ3v) is 7.05. The van der Waals surface area contributed by atoms with Gasteiger partial charge in [-0.05, 0) is 49.2 Å². The molecule has 1 saturated heterocycles. The normalized spacial score (nSPS) is 16.5. The van der Waals surface area contributed by atoms with E-state index >= 15 is 0 Å². The van der Waals surface area contributed by atoms with Crippen LogP contribution in [0.3, 0.4) is 0 Å². The average Bonchev–Trinajstić information content (AvgIpc) is 3.36. The Labute approximate surface area is 164 Å². The second-order valence-electron chi connectivity index (χ2n) is 7.09. The minimum absolute atomic E-state index is 0.364. The Bertz CT molecular complexity index is 1050. The molecule has 0 aliphatic carbocycles. The molecule has 0 amide bonds. The number of furan rings is 1. The maximum Gasteiger partial charge on any atom is 0.243 e. The van der Waals surface area contributed by atoms with E-state index in [9.17, 15) is 8.42 Å². The van der Waals surface area contributed by atoms with Crippen molar-refractivity contribution < 1.29 is 17.4 Å². The summed E-state index contributed by atoms with van der Waals surface area (Å²) >= 11 is 0. The lowest BCUT2D eigenvalue weighted by Crippen LogP contribution is -2.48. The largest absolute Gasteiger partial charge is 0.461 e. The van der Waals surface area contributed by atoms with Crippen molar-refractivity contribution in [2.75, 3.05) is 26.2 Å². The van der Waals surface area contributed by atoms with Crippen molar-refractivity contribution in [3.63, 3.8) is 0 Å². The highest BCUT2D eigenvalue weighted by Crippen LogP contribution is 2.23. The van der Waals surface area contributed by atoms with Crippen LogP contribution in [-0.2, 0) is 16.6 Å². The molecule has 8 heteroatoms. The standard InChI is InChI=1S/C20H23N3O4S/c1-15-5-6-18(12-16(15)2)28(24,25)23-9-7-22(8-10-23)14-17-13-20(27-21-17)19-4-3-11-26-19/h3-6,11-13H,7-10,14H2,1-2H3. The average molecular weight is 401 g/mol. The highest BCUT2D eigenvalue weighted by molar-refractivity contribution is 7.89. The maximum atomic E-state index is 12.9. The fourth-order valence-corrected chi connectivity index (χ4v) is 4.81. The van der Waals surface area contributed by atoms with E-state index in [0.29, 0.717) is 49.1 Å². The Hall–Kier alpha value is -2.42. The number of rotatable bonds is 5. The lowest BCUT2D eigenvalue weighted by molar-refractivity contribution is 0.178. The Morgan fingerprint density at radius 3 is 2.46 bits per heavy atom. The van der Waals surface area contributed by atoms with Crippen molar-refractivity contribution >= 4 is 10.0 Å². The summed E-state index contributed by atoms with van der Waals surface area (Å²) in [7, 11) is -3.46. The molecule has 3 heterocycles. The van der Waals surface area contributed by atoms with Crippen LogP contribution in [0.2, 0.25) is 0 Å². The Kier molecular flexibility index (Phi) is 5.09. The van der Waals surface area contributed by atoms with Crippen molar-refractivity contribution in [1.29, 1.82) is 0 Å². The first-order valence-electron chi connectivity index (χ1n) is 9.23. The van der Waals surface area contributed by atoms with Gasteiger partial charge in [0.25, 0.3) is 0 Å². The van der Waals surface area contributed by atoms with Crippen LogP contribution < -0.4 is 0 Å². The van der Waals surface area contributed by atoms with E-state index in [-0.39, 0.29) is 0 Å². The number of sulfonamides is 1. The molecule has 1 aliphatic heterocycles. The van der Waals surface area contributed by atoms with Gasteiger partial charge in [0, 0.05) is 38.8 Å². The van der Waals surface area contributed by atoms with Crippen LogP contribution in [0.5, 0.6) is 0 Å². The monoisotopic (exact) mass is 401 g/mol. The molecule has 0 unspecified atom stereocenters. The zero-order chi connectivity index (χ0) is 19.7. The summed E-state index contributed by atoms with van der Waals surface area (Å²) in [6.07, 6.45) is 1.59. The minimum atomic E-state index is -3.46. The van der Waals surface area contributed by atoms with Crippen LogP contribution >= 0.6 is 0 Å². The molecule has 1 aliphatic rings. The van der Waals surface area contributed by atoms with Crippen molar-refractivity contribution in [3.05, 3.63) is 59.5 Å². The SMILES string of the molecule is Cc1ccc(S(=O)(=O)N2CCN(Cc3cc(-c4ccco4)on3)CC2)cc1C. The Balaban J connectivity index is 1.38. The second kappa shape index (κ2) is 7.54. The number of aryl methyl sites for hydroxylation is 2. The first kappa shape index (κ1) is 18.9. The van der Waals surface area contributed by atoms with Gasteiger partial charge in [0.1, 0.15) is 0 Å². The zero-order valence-electron chi connectivity index (χ0n) is 16.0. The summed E-state index contributed by atoms with van der Waals surface area (Å²) in [5, 5.41) is 4.09. The van der Waals surface area contributed by atoms with Crippen molar-refractivity contribution in [1.82, 2.24) is 14.4 Å². The lowest BCUT2D eigenvalue weighted by Gasteiger charge is -2.33. The number of nitrogens with zero attached hydrogens (tertiary/aromatic N) is 3. The van der Waals surface area contributed by atoms with Gasteiger partial charge in [-0.15, -0.1) is 0 Å². The van der Waals surface area contributed by atoms with Gasteiger partial charge in [0.15, 0.2) is 5.76 Å². The predicted molar refractivity (Wildman–Crippen MR) is 104 cm³/mol. The Morgan fingerprint density at radius 2 is 1.79 bits per heavy atom. The van der Waals surface area contributed by atoms with E-state index in [1.165, 1.54) is 0 Å². The number of benzene rings is 1. The molecule has 1 fully saturated rings. The van der Waals surface area contributed by atoms with E-state index in [4.69, 9.17) is 8.94 Å².